The number of halogens is 2. The number of allylic oxidation sites excluding steroid dienone is 1. The van der Waals surface area contributed by atoms with Crippen molar-refractivity contribution in [2.75, 3.05) is 11.4 Å². The van der Waals surface area contributed by atoms with E-state index in [0.717, 1.165) is 5.56 Å². The Labute approximate surface area is 210 Å². The molecule has 2 unspecified atom stereocenters. The molecule has 1 aliphatic heterocycles. The van der Waals surface area contributed by atoms with Crippen LogP contribution in [0.4, 0.5) is 10.1 Å². The maximum Gasteiger partial charge on any atom is 0.264 e. The molecule has 4 rings (SSSR count). The first-order valence-electron chi connectivity index (χ1n) is 11.2. The third kappa shape index (κ3) is 4.68. The van der Waals surface area contributed by atoms with E-state index >= 15 is 0 Å². The van der Waals surface area contributed by atoms with Gasteiger partial charge in [-0.3, -0.25) is 4.31 Å². The van der Waals surface area contributed by atoms with Crippen LogP contribution in [0, 0.1) is 12.7 Å². The van der Waals surface area contributed by atoms with E-state index in [1.54, 1.807) is 50.3 Å². The van der Waals surface area contributed by atoms with Crippen molar-refractivity contribution in [1.82, 2.24) is 0 Å². The summed E-state index contributed by atoms with van der Waals surface area (Å²) in [5, 5.41) is 11.0. The van der Waals surface area contributed by atoms with Crippen LogP contribution in [0.5, 0.6) is 5.75 Å². The molecule has 3 aromatic carbocycles. The van der Waals surface area contributed by atoms with E-state index in [-0.39, 0.29) is 4.90 Å². The maximum absolute atomic E-state index is 14.4. The minimum Gasteiger partial charge on any atom is -0.496 e. The summed E-state index contributed by atoms with van der Waals surface area (Å²) >= 11 is 6.22. The van der Waals surface area contributed by atoms with E-state index in [2.05, 4.69) is 0 Å². The first kappa shape index (κ1) is 25.2. The Hall–Kier alpha value is -2.87. The fourth-order valence-corrected chi connectivity index (χ4v) is 6.48. The number of aliphatic hydroxyl groups excluding tert-OH is 1. The summed E-state index contributed by atoms with van der Waals surface area (Å²) in [6, 6.07) is 13.9. The predicted octanol–water partition coefficient (Wildman–Crippen LogP) is 5.86. The summed E-state index contributed by atoms with van der Waals surface area (Å²) in [5.74, 6) is 0.0315. The molecular weight excluding hydrogens is 489 g/mol. The molecule has 35 heavy (non-hydrogen) atoms. The van der Waals surface area contributed by atoms with Crippen molar-refractivity contribution < 1.29 is 22.7 Å². The maximum atomic E-state index is 14.4. The SMILES string of the molecule is COc1cc(S(=O)(=O)N2c3cc(C=C(C)c4c(F)cccc4Cl)ccc3CC(O)C2C)ccc1C. The molecule has 5 nitrogen and oxygen atoms in total. The number of nitrogens with zero attached hydrogens (tertiary/aromatic N) is 1. The van der Waals surface area contributed by atoms with Crippen LogP contribution < -0.4 is 9.04 Å². The quantitative estimate of drug-likeness (QED) is 0.432. The lowest BCUT2D eigenvalue weighted by atomic mass is 9.94. The standard InChI is InChI=1S/C27H27ClFNO4S/c1-16-8-11-21(15-26(16)34-4)35(32,33)30-18(3)25(31)14-20-10-9-19(13-24(20)30)12-17(2)27-22(28)6-5-7-23(27)29/h5-13,15,18,25,31H,14H2,1-4H3. The molecule has 0 radical (unpaired) electrons. The molecule has 3 aromatic rings. The summed E-state index contributed by atoms with van der Waals surface area (Å²) in [7, 11) is -2.54. The number of benzene rings is 3. The summed E-state index contributed by atoms with van der Waals surface area (Å²) in [6.45, 7) is 5.27. The average Bonchev–Trinajstić information content (AvgIpc) is 2.80. The van der Waals surface area contributed by atoms with Gasteiger partial charge in [0, 0.05) is 18.1 Å². The fourth-order valence-electron chi connectivity index (χ4n) is 4.44. The van der Waals surface area contributed by atoms with Gasteiger partial charge in [0.2, 0.25) is 0 Å². The van der Waals surface area contributed by atoms with Crippen molar-refractivity contribution in [1.29, 1.82) is 0 Å². The van der Waals surface area contributed by atoms with Crippen LogP contribution in [-0.4, -0.2) is 32.8 Å². The first-order chi connectivity index (χ1) is 16.5. The number of fused-ring (bicyclic) bond motifs is 1. The van der Waals surface area contributed by atoms with Gasteiger partial charge in [-0.2, -0.15) is 0 Å². The van der Waals surface area contributed by atoms with Crippen molar-refractivity contribution in [3.8, 4) is 5.75 Å². The molecule has 1 aliphatic rings. The van der Waals surface area contributed by atoms with Crippen LogP contribution in [-0.2, 0) is 16.4 Å². The molecule has 0 saturated heterocycles. The lowest BCUT2D eigenvalue weighted by molar-refractivity contribution is 0.147. The summed E-state index contributed by atoms with van der Waals surface area (Å²) in [6.07, 6.45) is 1.21. The topological polar surface area (TPSA) is 66.8 Å². The van der Waals surface area contributed by atoms with E-state index < -0.39 is 28.0 Å². The molecule has 8 heteroatoms. The molecule has 1 heterocycles. The Morgan fingerprint density at radius 2 is 1.94 bits per heavy atom. The molecule has 0 aromatic heterocycles. The van der Waals surface area contributed by atoms with Gasteiger partial charge in [0.15, 0.2) is 0 Å². The number of sulfonamides is 1. The van der Waals surface area contributed by atoms with Gasteiger partial charge in [0.05, 0.1) is 34.9 Å². The highest BCUT2D eigenvalue weighted by Crippen LogP contribution is 2.38. The molecule has 0 aliphatic carbocycles. The van der Waals surface area contributed by atoms with E-state index in [0.29, 0.717) is 45.1 Å². The first-order valence-corrected chi connectivity index (χ1v) is 13.0. The number of ether oxygens (including phenoxy) is 1. The van der Waals surface area contributed by atoms with Crippen LogP contribution in [0.2, 0.25) is 5.02 Å². The van der Waals surface area contributed by atoms with Gasteiger partial charge in [0.1, 0.15) is 11.6 Å². The van der Waals surface area contributed by atoms with Crippen LogP contribution >= 0.6 is 11.6 Å². The van der Waals surface area contributed by atoms with Crippen molar-refractivity contribution in [3.05, 3.63) is 87.7 Å². The van der Waals surface area contributed by atoms with Gasteiger partial charge >= 0.3 is 0 Å². The number of hydrogen-bond donors (Lipinski definition) is 1. The Morgan fingerprint density at radius 3 is 2.63 bits per heavy atom. The number of methoxy groups -OCH3 is 1. The molecular formula is C27H27ClFNO4S. The van der Waals surface area contributed by atoms with Crippen LogP contribution in [0.15, 0.2) is 59.5 Å². The van der Waals surface area contributed by atoms with E-state index in [4.69, 9.17) is 16.3 Å². The number of aliphatic hydroxyl groups is 1. The van der Waals surface area contributed by atoms with Crippen LogP contribution in [0.1, 0.15) is 36.1 Å². The normalized spacial score (nSPS) is 18.4. The second-order valence-electron chi connectivity index (χ2n) is 8.76. The number of hydrogen-bond acceptors (Lipinski definition) is 4. The lowest BCUT2D eigenvalue weighted by Crippen LogP contribution is -2.49. The highest BCUT2D eigenvalue weighted by atomic mass is 35.5. The number of rotatable bonds is 5. The van der Waals surface area contributed by atoms with Crippen molar-refractivity contribution in [2.45, 2.75) is 44.2 Å². The van der Waals surface area contributed by atoms with Gasteiger partial charge in [-0.05, 0) is 67.3 Å². The Kier molecular flexibility index (Phi) is 6.95. The zero-order valence-electron chi connectivity index (χ0n) is 19.9. The zero-order chi connectivity index (χ0) is 25.5. The minimum atomic E-state index is -4.03. The highest BCUT2D eigenvalue weighted by molar-refractivity contribution is 7.92. The number of anilines is 1. The fraction of sp³-hybridized carbons (Fsp3) is 0.259. The molecule has 0 bridgehead atoms. The second-order valence-corrected chi connectivity index (χ2v) is 11.0. The summed E-state index contributed by atoms with van der Waals surface area (Å²) in [5.41, 5.74) is 3.58. The molecule has 184 valence electrons. The monoisotopic (exact) mass is 515 g/mol. The minimum absolute atomic E-state index is 0.0714. The highest BCUT2D eigenvalue weighted by Gasteiger charge is 2.38. The van der Waals surface area contributed by atoms with E-state index in [9.17, 15) is 17.9 Å². The molecule has 0 saturated carbocycles. The van der Waals surface area contributed by atoms with Crippen molar-refractivity contribution in [3.63, 3.8) is 0 Å². The van der Waals surface area contributed by atoms with E-state index in [1.807, 2.05) is 13.0 Å². The third-order valence-electron chi connectivity index (χ3n) is 6.38. The molecule has 1 N–H and O–H groups in total. The Morgan fingerprint density at radius 1 is 1.20 bits per heavy atom. The van der Waals surface area contributed by atoms with Gasteiger partial charge in [-0.25, -0.2) is 12.8 Å². The Balaban J connectivity index is 1.83. The second kappa shape index (κ2) is 9.64. The average molecular weight is 516 g/mol. The van der Waals surface area contributed by atoms with Gasteiger partial charge in [0.25, 0.3) is 10.0 Å². The number of aryl methyl sites for hydroxylation is 1. The molecule has 0 spiro atoms. The van der Waals surface area contributed by atoms with Crippen LogP contribution in [0.25, 0.3) is 11.6 Å². The predicted molar refractivity (Wildman–Crippen MR) is 138 cm³/mol. The van der Waals surface area contributed by atoms with Crippen molar-refractivity contribution >= 4 is 39.0 Å². The van der Waals surface area contributed by atoms with Gasteiger partial charge < -0.3 is 9.84 Å². The van der Waals surface area contributed by atoms with E-state index in [1.165, 1.54) is 29.6 Å². The smallest absolute Gasteiger partial charge is 0.264 e. The molecule has 0 fully saturated rings. The molecule has 0 amide bonds. The van der Waals surface area contributed by atoms with Crippen LogP contribution in [0.3, 0.4) is 0 Å². The third-order valence-corrected chi connectivity index (χ3v) is 8.59. The van der Waals surface area contributed by atoms with Gasteiger partial charge in [-0.1, -0.05) is 41.9 Å². The Bertz CT molecular complexity index is 1400. The zero-order valence-corrected chi connectivity index (χ0v) is 21.5. The summed E-state index contributed by atoms with van der Waals surface area (Å²) < 4.78 is 48.6. The summed E-state index contributed by atoms with van der Waals surface area (Å²) in [4.78, 5) is 0.0714. The van der Waals surface area contributed by atoms with Crippen molar-refractivity contribution in [2.24, 2.45) is 0 Å². The van der Waals surface area contributed by atoms with Gasteiger partial charge in [-0.15, -0.1) is 0 Å². The lowest BCUT2D eigenvalue weighted by Gasteiger charge is -2.39. The molecule has 2 atom stereocenters. The largest absolute Gasteiger partial charge is 0.496 e.